The van der Waals surface area contributed by atoms with Crippen molar-refractivity contribution in [1.82, 2.24) is 0 Å². The minimum atomic E-state index is 1.15. The Bertz CT molecular complexity index is 122. The first-order valence-corrected chi connectivity index (χ1v) is 2.27. The molecular formula is C5H8N2. The number of aliphatic imine (C=N–C) groups is 1. The molecule has 0 aromatic carbocycles. The van der Waals surface area contributed by atoms with E-state index in [2.05, 4.69) is 11.2 Å². The third kappa shape index (κ3) is 0.695. The van der Waals surface area contributed by atoms with Crippen molar-refractivity contribution < 1.29 is 4.90 Å². The minimum absolute atomic E-state index is 1.15. The van der Waals surface area contributed by atoms with E-state index < -0.39 is 0 Å². The third-order valence-electron chi connectivity index (χ3n) is 0.917. The maximum atomic E-state index is 3.69. The normalized spacial score (nSPS) is 16.7. The van der Waals surface area contributed by atoms with Gasteiger partial charge in [0, 0.05) is 0 Å². The predicted octanol–water partition coefficient (Wildman–Crippen LogP) is -1.07. The first-order chi connectivity index (χ1) is 3.30. The maximum Gasteiger partial charge on any atom is 0.0694 e. The van der Waals surface area contributed by atoms with Gasteiger partial charge in [-0.1, -0.05) is 0 Å². The Balaban J connectivity index is 2.43. The zero-order chi connectivity index (χ0) is 5.28. The summed E-state index contributed by atoms with van der Waals surface area (Å²) in [5.41, 5.74) is 1.15. The minimum Gasteiger partial charge on any atom is -0.382 e. The van der Waals surface area contributed by atoms with Gasteiger partial charge in [0.15, 0.2) is 0 Å². The fourth-order valence-corrected chi connectivity index (χ4v) is 0.370. The van der Waals surface area contributed by atoms with Crippen LogP contribution in [0.25, 0.3) is 0 Å². The van der Waals surface area contributed by atoms with Crippen LogP contribution in [0.15, 0.2) is 16.9 Å². The molecule has 1 rings (SSSR count). The molecule has 0 radical (unpaired) electrons. The van der Waals surface area contributed by atoms with Crippen LogP contribution in [-0.4, -0.2) is 20.3 Å². The largest absolute Gasteiger partial charge is 0.382 e. The molecule has 0 spiro atoms. The highest BCUT2D eigenvalue weighted by molar-refractivity contribution is 5.80. The summed E-state index contributed by atoms with van der Waals surface area (Å²) in [4.78, 5) is 4.97. The van der Waals surface area contributed by atoms with Crippen LogP contribution in [-0.2, 0) is 0 Å². The lowest BCUT2D eigenvalue weighted by atomic mass is 10.4. The smallest absolute Gasteiger partial charge is 0.0694 e. The van der Waals surface area contributed by atoms with Crippen LogP contribution in [0, 0.1) is 0 Å². The molecule has 2 nitrogen and oxygen atoms in total. The quantitative estimate of drug-likeness (QED) is 0.400. The number of allylic oxidation sites excluding steroid dienone is 1. The Hall–Kier alpha value is -0.630. The molecule has 2 heteroatoms. The molecule has 0 bridgehead atoms. The Morgan fingerprint density at radius 1 is 1.71 bits per heavy atom. The predicted molar refractivity (Wildman–Crippen MR) is 28.3 cm³/mol. The molecular weight excluding hydrogens is 88.1 g/mol. The van der Waals surface area contributed by atoms with Crippen molar-refractivity contribution in [3.8, 4) is 0 Å². The van der Waals surface area contributed by atoms with Crippen LogP contribution in [0.1, 0.15) is 0 Å². The summed E-state index contributed by atoms with van der Waals surface area (Å²) in [6, 6.07) is 0. The van der Waals surface area contributed by atoms with Gasteiger partial charge in [-0.05, 0) is 12.4 Å². The van der Waals surface area contributed by atoms with Crippen LogP contribution >= 0.6 is 0 Å². The van der Waals surface area contributed by atoms with Crippen molar-refractivity contribution in [3.05, 3.63) is 11.9 Å². The second-order valence-corrected chi connectivity index (χ2v) is 1.78. The highest BCUT2D eigenvalue weighted by atomic mass is 15.1. The number of hydrogen-bond acceptors (Lipinski definition) is 1. The summed E-state index contributed by atoms with van der Waals surface area (Å²) < 4.78 is 0. The topological polar surface area (TPSA) is 16.8 Å². The molecule has 1 heterocycles. The molecule has 1 aliphatic heterocycles. The number of nitrogens with one attached hydrogen (secondary N) is 1. The Morgan fingerprint density at radius 3 is 2.29 bits per heavy atom. The van der Waals surface area contributed by atoms with Gasteiger partial charge in [0.25, 0.3) is 0 Å². The number of rotatable bonds is 1. The van der Waals surface area contributed by atoms with Gasteiger partial charge in [0.05, 0.1) is 19.8 Å². The van der Waals surface area contributed by atoms with Gasteiger partial charge in [-0.25, -0.2) is 0 Å². The van der Waals surface area contributed by atoms with Crippen molar-refractivity contribution in [2.75, 3.05) is 14.1 Å². The van der Waals surface area contributed by atoms with Crippen LogP contribution in [0.2, 0.25) is 0 Å². The van der Waals surface area contributed by atoms with Gasteiger partial charge in [-0.3, -0.25) is 0 Å². The Kier molecular flexibility index (Phi) is 0.947. The second kappa shape index (κ2) is 1.46. The second-order valence-electron chi connectivity index (χ2n) is 1.78. The SMILES string of the molecule is C[NH+](C)C1=CN=[C-]1. The molecule has 0 aromatic rings. The third-order valence-corrected chi connectivity index (χ3v) is 0.917. The van der Waals surface area contributed by atoms with Crippen LogP contribution in [0.5, 0.6) is 0 Å². The van der Waals surface area contributed by atoms with Gasteiger partial charge in [-0.2, -0.15) is 0 Å². The van der Waals surface area contributed by atoms with Crippen molar-refractivity contribution in [2.24, 2.45) is 4.99 Å². The zero-order valence-corrected chi connectivity index (χ0v) is 4.52. The average Bonchev–Trinajstić information content (AvgIpc) is 1.23. The lowest BCUT2D eigenvalue weighted by Gasteiger charge is -2.15. The molecule has 1 N–H and O–H groups in total. The lowest BCUT2D eigenvalue weighted by molar-refractivity contribution is -0.810. The first kappa shape index (κ1) is 4.53. The fraction of sp³-hybridized carbons (Fsp3) is 0.400. The summed E-state index contributed by atoms with van der Waals surface area (Å²) >= 11 is 0. The summed E-state index contributed by atoms with van der Waals surface area (Å²) in [5, 5.41) is 0. The van der Waals surface area contributed by atoms with E-state index in [1.807, 2.05) is 20.3 Å². The molecule has 0 saturated carbocycles. The summed E-state index contributed by atoms with van der Waals surface area (Å²) in [5.74, 6) is 0. The van der Waals surface area contributed by atoms with Gasteiger partial charge < -0.3 is 9.89 Å². The number of nitrogens with zero attached hydrogens (tertiary/aromatic N) is 1. The molecule has 0 aromatic heterocycles. The van der Waals surface area contributed by atoms with E-state index in [0.717, 1.165) is 5.70 Å². The van der Waals surface area contributed by atoms with E-state index in [-0.39, 0.29) is 0 Å². The molecule has 0 amide bonds. The van der Waals surface area contributed by atoms with E-state index in [1.165, 1.54) is 4.90 Å². The highest BCUT2D eigenvalue weighted by Crippen LogP contribution is 1.88. The monoisotopic (exact) mass is 96.1 g/mol. The Morgan fingerprint density at radius 2 is 2.29 bits per heavy atom. The van der Waals surface area contributed by atoms with Crippen molar-refractivity contribution in [3.63, 3.8) is 0 Å². The molecule has 0 atom stereocenters. The molecule has 7 heavy (non-hydrogen) atoms. The lowest BCUT2D eigenvalue weighted by Crippen LogP contribution is -3.04. The molecule has 0 unspecified atom stereocenters. The van der Waals surface area contributed by atoms with Crippen molar-refractivity contribution >= 4 is 6.21 Å². The fourth-order valence-electron chi connectivity index (χ4n) is 0.370. The summed E-state index contributed by atoms with van der Waals surface area (Å²) in [6.45, 7) is 0. The van der Waals surface area contributed by atoms with E-state index in [9.17, 15) is 0 Å². The van der Waals surface area contributed by atoms with Gasteiger partial charge in [0.1, 0.15) is 0 Å². The van der Waals surface area contributed by atoms with E-state index in [4.69, 9.17) is 0 Å². The first-order valence-electron chi connectivity index (χ1n) is 2.27. The van der Waals surface area contributed by atoms with E-state index in [1.54, 1.807) is 0 Å². The van der Waals surface area contributed by atoms with Crippen LogP contribution < -0.4 is 4.90 Å². The molecule has 0 aliphatic carbocycles. The van der Waals surface area contributed by atoms with Gasteiger partial charge in [0.2, 0.25) is 0 Å². The van der Waals surface area contributed by atoms with Crippen LogP contribution in [0.3, 0.4) is 0 Å². The zero-order valence-electron chi connectivity index (χ0n) is 4.52. The van der Waals surface area contributed by atoms with Crippen molar-refractivity contribution in [2.45, 2.75) is 0 Å². The molecule has 1 aliphatic rings. The highest BCUT2D eigenvalue weighted by Gasteiger charge is 1.96. The van der Waals surface area contributed by atoms with E-state index in [0.29, 0.717) is 0 Å². The summed E-state index contributed by atoms with van der Waals surface area (Å²) in [7, 11) is 4.10. The average molecular weight is 96.1 g/mol. The van der Waals surface area contributed by atoms with Crippen molar-refractivity contribution in [1.29, 1.82) is 0 Å². The summed E-state index contributed by atoms with van der Waals surface area (Å²) in [6.07, 6.45) is 4.61. The number of hydrogen-bond donors (Lipinski definition) is 1. The van der Waals surface area contributed by atoms with Gasteiger partial charge >= 0.3 is 0 Å². The maximum absolute atomic E-state index is 3.69. The van der Waals surface area contributed by atoms with E-state index >= 15 is 0 Å². The molecule has 0 saturated heterocycles. The number of quaternary nitrogens is 1. The van der Waals surface area contributed by atoms with Gasteiger partial charge in [-0.15, -0.1) is 0 Å². The Labute approximate surface area is 43.2 Å². The molecule has 38 valence electrons. The van der Waals surface area contributed by atoms with Crippen LogP contribution in [0.4, 0.5) is 0 Å². The standard InChI is InChI=1S/C5H7N2/c1-7(2)5-3-6-4-5/h3H,1-2H3/q-1/p+1. The molecule has 0 fully saturated rings.